The molecule has 0 aromatic rings. The zero-order valence-electron chi connectivity index (χ0n) is 19.6. The van der Waals surface area contributed by atoms with Crippen LogP contribution < -0.4 is 0 Å². The van der Waals surface area contributed by atoms with Crippen LogP contribution in [0.5, 0.6) is 0 Å². The first-order valence-electron chi connectivity index (χ1n) is 11.2. The van der Waals surface area contributed by atoms with Crippen molar-refractivity contribution >= 4 is 0 Å². The van der Waals surface area contributed by atoms with Crippen molar-refractivity contribution in [3.8, 4) is 0 Å². The van der Waals surface area contributed by atoms with Crippen LogP contribution in [0.4, 0.5) is 0 Å². The zero-order chi connectivity index (χ0) is 21.2. The van der Waals surface area contributed by atoms with E-state index in [-0.39, 0.29) is 0 Å². The molecule has 1 nitrogen and oxygen atoms in total. The molecule has 0 spiro atoms. The molecule has 0 saturated carbocycles. The van der Waals surface area contributed by atoms with E-state index in [2.05, 4.69) is 71.9 Å². The van der Waals surface area contributed by atoms with Crippen molar-refractivity contribution in [2.24, 2.45) is 0 Å². The number of aliphatic hydroxyl groups is 1. The summed E-state index contributed by atoms with van der Waals surface area (Å²) < 4.78 is 0. The Balaban J connectivity index is 4.00. The van der Waals surface area contributed by atoms with Crippen LogP contribution in [-0.2, 0) is 0 Å². The van der Waals surface area contributed by atoms with Crippen molar-refractivity contribution in [3.05, 3.63) is 58.2 Å². The Bertz CT molecular complexity index is 551. The van der Waals surface area contributed by atoms with E-state index in [1.165, 1.54) is 53.5 Å². The zero-order valence-corrected chi connectivity index (χ0v) is 19.6. The van der Waals surface area contributed by atoms with Gasteiger partial charge >= 0.3 is 0 Å². The lowest BCUT2D eigenvalue weighted by atomic mass is 10.0. The van der Waals surface area contributed by atoms with Gasteiger partial charge in [-0.25, -0.2) is 0 Å². The number of hydrogen-bond acceptors (Lipinski definition) is 1. The highest BCUT2D eigenvalue weighted by atomic mass is 16.2. The molecule has 0 fully saturated rings. The Labute approximate surface area is 176 Å². The van der Waals surface area contributed by atoms with Gasteiger partial charge in [0.05, 0.1) is 0 Å². The van der Waals surface area contributed by atoms with E-state index in [0.29, 0.717) is 6.61 Å². The second-order valence-electron chi connectivity index (χ2n) is 8.50. The van der Waals surface area contributed by atoms with Crippen molar-refractivity contribution in [2.45, 2.75) is 106 Å². The molecule has 0 amide bonds. The molecule has 0 aliphatic carbocycles. The molecule has 0 saturated heterocycles. The first kappa shape index (κ1) is 26.7. The van der Waals surface area contributed by atoms with E-state index in [0.717, 1.165) is 38.5 Å². The summed E-state index contributed by atoms with van der Waals surface area (Å²) in [5, 5.41) is 8.86. The minimum atomic E-state index is 0.295. The molecule has 160 valence electrons. The highest BCUT2D eigenvalue weighted by molar-refractivity contribution is 5.07. The first-order chi connectivity index (χ1) is 13.3. The fourth-order valence-electron chi connectivity index (χ4n) is 3.11. The topological polar surface area (TPSA) is 20.2 Å². The fourth-order valence-corrected chi connectivity index (χ4v) is 3.11. The predicted molar refractivity (Wildman–Crippen MR) is 128 cm³/mol. The van der Waals surface area contributed by atoms with Gasteiger partial charge in [-0.3, -0.25) is 0 Å². The Kier molecular flexibility index (Phi) is 16.9. The van der Waals surface area contributed by atoms with Crippen LogP contribution in [0.2, 0.25) is 0 Å². The fraction of sp³-hybridized carbons (Fsp3) is 0.630. The summed E-state index contributed by atoms with van der Waals surface area (Å²) in [6, 6.07) is 0. The predicted octanol–water partition coefficient (Wildman–Crippen LogP) is 8.63. The van der Waals surface area contributed by atoms with E-state index in [1.54, 1.807) is 0 Å². The van der Waals surface area contributed by atoms with Crippen molar-refractivity contribution in [3.63, 3.8) is 0 Å². The largest absolute Gasteiger partial charge is 0.396 e. The molecule has 0 heterocycles. The maximum absolute atomic E-state index is 8.86. The SMILES string of the molecule is CC(C)=CCC/C(C)=C/CCC(C)=CCC/C=C(\C)CCC=C(C)CCCO. The van der Waals surface area contributed by atoms with Crippen LogP contribution in [0.15, 0.2) is 58.2 Å². The molecule has 0 atom stereocenters. The highest BCUT2D eigenvalue weighted by Gasteiger charge is 1.94. The summed E-state index contributed by atoms with van der Waals surface area (Å²) in [5.41, 5.74) is 7.35. The van der Waals surface area contributed by atoms with E-state index >= 15 is 0 Å². The lowest BCUT2D eigenvalue weighted by Gasteiger charge is -2.02. The molecule has 0 aromatic heterocycles. The minimum absolute atomic E-state index is 0.295. The Morgan fingerprint density at radius 3 is 1.25 bits per heavy atom. The molecule has 0 unspecified atom stereocenters. The third kappa shape index (κ3) is 18.0. The summed E-state index contributed by atoms with van der Waals surface area (Å²) in [4.78, 5) is 0. The molecule has 0 bridgehead atoms. The number of allylic oxidation sites excluding steroid dienone is 10. The van der Waals surface area contributed by atoms with Gasteiger partial charge < -0.3 is 5.11 Å². The summed E-state index contributed by atoms with van der Waals surface area (Å²) in [5.74, 6) is 0. The maximum atomic E-state index is 8.86. The molecular formula is C27H46O. The average Bonchev–Trinajstić information content (AvgIpc) is 2.63. The quantitative estimate of drug-likeness (QED) is 0.220. The smallest absolute Gasteiger partial charge is 0.0434 e. The van der Waals surface area contributed by atoms with Crippen molar-refractivity contribution in [1.82, 2.24) is 0 Å². The standard InChI is InChI=1S/C27H46O/c1-23(2)13-9-16-26(5)19-10-17-24(3)14-7-8-15-25(4)18-11-20-27(6)21-12-22-28/h13-15,19-20,28H,7-12,16-18,21-22H2,1-6H3/b24-14?,25-15+,26-19+,27-20?. The van der Waals surface area contributed by atoms with Gasteiger partial charge in [0, 0.05) is 6.61 Å². The second kappa shape index (κ2) is 17.7. The lowest BCUT2D eigenvalue weighted by molar-refractivity contribution is 0.288. The van der Waals surface area contributed by atoms with Crippen LogP contribution in [0, 0.1) is 0 Å². The summed E-state index contributed by atoms with van der Waals surface area (Å²) in [6.07, 6.45) is 23.0. The van der Waals surface area contributed by atoms with E-state index < -0.39 is 0 Å². The van der Waals surface area contributed by atoms with E-state index in [4.69, 9.17) is 5.11 Å². The molecule has 0 aliphatic heterocycles. The average molecular weight is 387 g/mol. The number of unbranched alkanes of at least 4 members (excludes halogenated alkanes) is 1. The van der Waals surface area contributed by atoms with Crippen LogP contribution in [-0.4, -0.2) is 11.7 Å². The molecule has 0 aromatic carbocycles. The van der Waals surface area contributed by atoms with Gasteiger partial charge in [0.2, 0.25) is 0 Å². The summed E-state index contributed by atoms with van der Waals surface area (Å²) >= 11 is 0. The van der Waals surface area contributed by atoms with Crippen molar-refractivity contribution < 1.29 is 5.11 Å². The first-order valence-corrected chi connectivity index (χ1v) is 11.2. The van der Waals surface area contributed by atoms with Crippen molar-refractivity contribution in [1.29, 1.82) is 0 Å². The molecule has 1 N–H and O–H groups in total. The van der Waals surface area contributed by atoms with Crippen LogP contribution in [0.1, 0.15) is 106 Å². The minimum Gasteiger partial charge on any atom is -0.396 e. The maximum Gasteiger partial charge on any atom is 0.0434 e. The van der Waals surface area contributed by atoms with Gasteiger partial charge in [-0.1, -0.05) is 58.2 Å². The Morgan fingerprint density at radius 2 is 0.857 bits per heavy atom. The second-order valence-corrected chi connectivity index (χ2v) is 8.50. The third-order valence-corrected chi connectivity index (χ3v) is 5.04. The Morgan fingerprint density at radius 1 is 0.500 bits per heavy atom. The van der Waals surface area contributed by atoms with Gasteiger partial charge in [0.25, 0.3) is 0 Å². The normalized spacial score (nSPS) is 13.8. The van der Waals surface area contributed by atoms with Gasteiger partial charge in [0.15, 0.2) is 0 Å². The molecule has 0 aliphatic rings. The van der Waals surface area contributed by atoms with Gasteiger partial charge in [0.1, 0.15) is 0 Å². The summed E-state index contributed by atoms with van der Waals surface area (Å²) in [6.45, 7) is 13.6. The van der Waals surface area contributed by atoms with Gasteiger partial charge in [-0.05, 0) is 106 Å². The molecule has 0 rings (SSSR count). The number of rotatable bonds is 15. The van der Waals surface area contributed by atoms with Crippen LogP contribution in [0.25, 0.3) is 0 Å². The lowest BCUT2D eigenvalue weighted by Crippen LogP contribution is -1.85. The molecule has 0 radical (unpaired) electrons. The third-order valence-electron chi connectivity index (χ3n) is 5.04. The van der Waals surface area contributed by atoms with Gasteiger partial charge in [-0.15, -0.1) is 0 Å². The monoisotopic (exact) mass is 386 g/mol. The van der Waals surface area contributed by atoms with Crippen molar-refractivity contribution in [2.75, 3.05) is 6.61 Å². The number of aliphatic hydroxyl groups excluding tert-OH is 1. The van der Waals surface area contributed by atoms with Crippen LogP contribution >= 0.6 is 0 Å². The molecule has 1 heteroatoms. The Hall–Kier alpha value is -1.34. The van der Waals surface area contributed by atoms with Crippen LogP contribution in [0.3, 0.4) is 0 Å². The molecule has 28 heavy (non-hydrogen) atoms. The number of hydrogen-bond donors (Lipinski definition) is 1. The van der Waals surface area contributed by atoms with Gasteiger partial charge in [-0.2, -0.15) is 0 Å². The van der Waals surface area contributed by atoms with E-state index in [1.807, 2.05) is 0 Å². The summed E-state index contributed by atoms with van der Waals surface area (Å²) in [7, 11) is 0. The molecular weight excluding hydrogens is 340 g/mol. The van der Waals surface area contributed by atoms with E-state index in [9.17, 15) is 0 Å². The highest BCUT2D eigenvalue weighted by Crippen LogP contribution is 2.14.